The smallest absolute Gasteiger partial charge is 0.0397 e. The number of rotatable bonds is 3. The molecule has 0 spiro atoms. The zero-order valence-electron chi connectivity index (χ0n) is 9.11. The van der Waals surface area contributed by atoms with E-state index in [9.17, 15) is 0 Å². The van der Waals surface area contributed by atoms with Gasteiger partial charge in [0.2, 0.25) is 0 Å². The molecule has 2 aromatic rings. The minimum atomic E-state index is 0.591. The van der Waals surface area contributed by atoms with E-state index < -0.39 is 0 Å². The molecule has 0 bridgehead atoms. The molecule has 2 aromatic carbocycles. The van der Waals surface area contributed by atoms with E-state index in [-0.39, 0.29) is 0 Å². The van der Waals surface area contributed by atoms with Gasteiger partial charge in [-0.25, -0.2) is 0 Å². The lowest BCUT2D eigenvalue weighted by molar-refractivity contribution is 1.06. The normalized spacial score (nSPS) is 10.3. The third-order valence-corrected chi connectivity index (χ3v) is 2.56. The molecule has 2 rings (SSSR count). The van der Waals surface area contributed by atoms with E-state index in [4.69, 9.17) is 11.5 Å². The van der Waals surface area contributed by atoms with Crippen LogP contribution in [0, 0.1) is 6.07 Å². The number of nitrogens with two attached hydrogens (primary N) is 2. The predicted octanol–water partition coefficient (Wildman–Crippen LogP) is 2.12. The molecule has 0 amide bonds. The molecule has 0 heterocycles. The predicted molar refractivity (Wildman–Crippen MR) is 66.8 cm³/mol. The second-order valence-corrected chi connectivity index (χ2v) is 3.85. The van der Waals surface area contributed by atoms with Gasteiger partial charge in [0.15, 0.2) is 0 Å². The Balaban J connectivity index is 2.14. The van der Waals surface area contributed by atoms with E-state index in [0.717, 1.165) is 12.0 Å². The molecule has 0 saturated heterocycles. The lowest BCUT2D eigenvalue weighted by Crippen LogP contribution is -1.96. The molecule has 0 saturated carbocycles. The van der Waals surface area contributed by atoms with Gasteiger partial charge >= 0.3 is 0 Å². The average molecular weight is 211 g/mol. The van der Waals surface area contributed by atoms with Gasteiger partial charge < -0.3 is 11.5 Å². The molecule has 0 unspecified atom stereocenters. The maximum absolute atomic E-state index is 5.69. The van der Waals surface area contributed by atoms with E-state index >= 15 is 0 Å². The van der Waals surface area contributed by atoms with Crippen LogP contribution in [-0.2, 0) is 13.0 Å². The van der Waals surface area contributed by atoms with E-state index in [1.807, 2.05) is 18.2 Å². The van der Waals surface area contributed by atoms with Crippen molar-refractivity contribution in [3.8, 4) is 0 Å². The van der Waals surface area contributed by atoms with E-state index in [1.54, 1.807) is 0 Å². The number of nitrogen functional groups attached to an aromatic ring is 1. The molecule has 0 aliphatic heterocycles. The maximum atomic E-state index is 5.69. The molecule has 16 heavy (non-hydrogen) atoms. The van der Waals surface area contributed by atoms with Crippen molar-refractivity contribution in [3.05, 3.63) is 65.2 Å². The average Bonchev–Trinajstić information content (AvgIpc) is 2.30. The summed E-state index contributed by atoms with van der Waals surface area (Å²) in [6.07, 6.45) is 0.893. The minimum Gasteiger partial charge on any atom is -0.398 e. The Hall–Kier alpha value is -1.80. The summed E-state index contributed by atoms with van der Waals surface area (Å²) in [5, 5.41) is 0. The first-order valence-corrected chi connectivity index (χ1v) is 5.32. The molecule has 0 fully saturated rings. The second-order valence-electron chi connectivity index (χ2n) is 3.85. The van der Waals surface area contributed by atoms with E-state index in [2.05, 4.69) is 30.3 Å². The van der Waals surface area contributed by atoms with Crippen LogP contribution >= 0.6 is 0 Å². The first-order chi connectivity index (χ1) is 7.78. The van der Waals surface area contributed by atoms with Crippen molar-refractivity contribution in [1.29, 1.82) is 0 Å². The van der Waals surface area contributed by atoms with Gasteiger partial charge in [-0.2, -0.15) is 0 Å². The summed E-state index contributed by atoms with van der Waals surface area (Å²) in [6.45, 7) is 0.591. The molecule has 2 heteroatoms. The van der Waals surface area contributed by atoms with Gasteiger partial charge in [-0.15, -0.1) is 0 Å². The number of hydrogen-bond donors (Lipinski definition) is 2. The lowest BCUT2D eigenvalue weighted by Gasteiger charge is -2.04. The van der Waals surface area contributed by atoms with Crippen LogP contribution in [0.3, 0.4) is 0 Å². The molecular formula is C14H15N2. The highest BCUT2D eigenvalue weighted by atomic mass is 14.5. The summed E-state index contributed by atoms with van der Waals surface area (Å²) < 4.78 is 0. The summed E-state index contributed by atoms with van der Waals surface area (Å²) in [7, 11) is 0. The minimum absolute atomic E-state index is 0.591. The van der Waals surface area contributed by atoms with Gasteiger partial charge in [0.05, 0.1) is 0 Å². The third-order valence-electron chi connectivity index (χ3n) is 2.56. The van der Waals surface area contributed by atoms with E-state index in [0.29, 0.717) is 12.2 Å². The molecule has 4 N–H and O–H groups in total. The van der Waals surface area contributed by atoms with Crippen LogP contribution in [0.2, 0.25) is 0 Å². The van der Waals surface area contributed by atoms with Gasteiger partial charge in [0.1, 0.15) is 0 Å². The Morgan fingerprint density at radius 1 is 0.938 bits per heavy atom. The van der Waals surface area contributed by atoms with Gasteiger partial charge in [-0.05, 0) is 29.2 Å². The Kier molecular flexibility index (Phi) is 3.22. The van der Waals surface area contributed by atoms with Crippen molar-refractivity contribution in [3.63, 3.8) is 0 Å². The number of hydrogen-bond acceptors (Lipinski definition) is 2. The highest BCUT2D eigenvalue weighted by molar-refractivity contribution is 5.41. The van der Waals surface area contributed by atoms with Crippen LogP contribution in [0.1, 0.15) is 16.7 Å². The van der Waals surface area contributed by atoms with E-state index in [1.165, 1.54) is 11.1 Å². The fraction of sp³-hybridized carbons (Fsp3) is 0.143. The third kappa shape index (κ3) is 2.61. The maximum Gasteiger partial charge on any atom is 0.0397 e. The molecule has 2 nitrogen and oxygen atoms in total. The Bertz CT molecular complexity index is 460. The molecule has 0 aliphatic carbocycles. The summed E-state index contributed by atoms with van der Waals surface area (Å²) in [6, 6.07) is 17.1. The highest BCUT2D eigenvalue weighted by Gasteiger charge is 1.97. The molecule has 0 aromatic heterocycles. The van der Waals surface area contributed by atoms with Gasteiger partial charge in [-0.3, -0.25) is 0 Å². The topological polar surface area (TPSA) is 52.0 Å². The fourth-order valence-electron chi connectivity index (χ4n) is 1.67. The summed E-state index contributed by atoms with van der Waals surface area (Å²) >= 11 is 0. The van der Waals surface area contributed by atoms with Gasteiger partial charge in [0.25, 0.3) is 0 Å². The summed E-state index contributed by atoms with van der Waals surface area (Å²) in [5.74, 6) is 0. The number of anilines is 1. The molecular weight excluding hydrogens is 196 g/mol. The first kappa shape index (κ1) is 10.7. The lowest BCUT2D eigenvalue weighted by atomic mass is 10.0. The van der Waals surface area contributed by atoms with Crippen LogP contribution in [0.4, 0.5) is 5.69 Å². The van der Waals surface area contributed by atoms with Crippen molar-refractivity contribution >= 4 is 5.69 Å². The van der Waals surface area contributed by atoms with Crippen molar-refractivity contribution in [1.82, 2.24) is 0 Å². The van der Waals surface area contributed by atoms with Gasteiger partial charge in [-0.1, -0.05) is 36.4 Å². The number of benzene rings is 2. The molecule has 81 valence electrons. The standard InChI is InChI=1S/C14H15N2/c15-10-12-6-4-11(5-7-12)8-13-2-1-3-14(16)9-13/h1-2,4-7,9H,8,10,15-16H2. The second kappa shape index (κ2) is 4.81. The Morgan fingerprint density at radius 3 is 2.25 bits per heavy atom. The van der Waals surface area contributed by atoms with Crippen molar-refractivity contribution in [2.45, 2.75) is 13.0 Å². The van der Waals surface area contributed by atoms with Gasteiger partial charge in [0, 0.05) is 18.3 Å². The van der Waals surface area contributed by atoms with Crippen molar-refractivity contribution in [2.24, 2.45) is 5.73 Å². The Morgan fingerprint density at radius 2 is 1.62 bits per heavy atom. The van der Waals surface area contributed by atoms with Crippen LogP contribution in [0.5, 0.6) is 0 Å². The Labute approximate surface area is 95.9 Å². The van der Waals surface area contributed by atoms with Crippen LogP contribution in [-0.4, -0.2) is 0 Å². The van der Waals surface area contributed by atoms with Crippen molar-refractivity contribution < 1.29 is 0 Å². The first-order valence-electron chi connectivity index (χ1n) is 5.32. The monoisotopic (exact) mass is 211 g/mol. The summed E-state index contributed by atoms with van der Waals surface area (Å²) in [5.41, 5.74) is 15.6. The van der Waals surface area contributed by atoms with Crippen molar-refractivity contribution in [2.75, 3.05) is 5.73 Å². The molecule has 1 radical (unpaired) electrons. The zero-order chi connectivity index (χ0) is 11.4. The summed E-state index contributed by atoms with van der Waals surface area (Å²) in [4.78, 5) is 0. The molecule has 0 aliphatic rings. The zero-order valence-corrected chi connectivity index (χ0v) is 9.11. The SMILES string of the molecule is NCc1ccc(Cc2cc[c]c(N)c2)cc1. The van der Waals surface area contributed by atoms with Crippen LogP contribution < -0.4 is 11.5 Å². The largest absolute Gasteiger partial charge is 0.398 e. The van der Waals surface area contributed by atoms with Crippen LogP contribution in [0.25, 0.3) is 0 Å². The fourth-order valence-corrected chi connectivity index (χ4v) is 1.67. The van der Waals surface area contributed by atoms with Crippen LogP contribution in [0.15, 0.2) is 42.5 Å². The quantitative estimate of drug-likeness (QED) is 0.764. The molecule has 0 atom stereocenters. The highest BCUT2D eigenvalue weighted by Crippen LogP contribution is 2.12.